The second-order valence-corrected chi connectivity index (χ2v) is 3.25. The van der Waals surface area contributed by atoms with Gasteiger partial charge in [0.15, 0.2) is 0 Å². The minimum Gasteiger partial charge on any atom is -0.376 e. The van der Waals surface area contributed by atoms with Crippen molar-refractivity contribution in [1.82, 2.24) is 5.32 Å². The summed E-state index contributed by atoms with van der Waals surface area (Å²) in [7, 11) is 0. The highest BCUT2D eigenvalue weighted by Gasteiger charge is 2.06. The fourth-order valence-corrected chi connectivity index (χ4v) is 1.21. The van der Waals surface area contributed by atoms with E-state index in [-0.39, 0.29) is 17.7 Å². The van der Waals surface area contributed by atoms with E-state index in [0.29, 0.717) is 5.69 Å². The minimum atomic E-state index is -0.931. The highest BCUT2D eigenvalue weighted by molar-refractivity contribution is 5.95. The fourth-order valence-electron chi connectivity index (χ4n) is 1.21. The van der Waals surface area contributed by atoms with Gasteiger partial charge in [-0.3, -0.25) is 10.1 Å². The molecule has 0 heterocycles. The quantitative estimate of drug-likeness (QED) is 0.689. The molecule has 0 atom stereocenters. The van der Waals surface area contributed by atoms with Crippen molar-refractivity contribution in [1.29, 1.82) is 10.5 Å². The normalized spacial score (nSPS) is 8.78. The van der Waals surface area contributed by atoms with Crippen LogP contribution in [0.3, 0.4) is 0 Å². The Kier molecular flexibility index (Phi) is 4.24. The lowest BCUT2D eigenvalue weighted by atomic mass is 10.1. The molecule has 0 unspecified atom stereocenters. The summed E-state index contributed by atoms with van der Waals surface area (Å²) in [5.74, 6) is -0.592. The number of nitrogens with two attached hydrogens (primary N) is 1. The van der Waals surface area contributed by atoms with E-state index in [4.69, 9.17) is 16.3 Å². The Balaban J connectivity index is 2.70. The van der Waals surface area contributed by atoms with Gasteiger partial charge in [-0.1, -0.05) is 0 Å². The van der Waals surface area contributed by atoms with Crippen molar-refractivity contribution in [3.8, 4) is 12.1 Å². The molecule has 3 amide bonds. The van der Waals surface area contributed by atoms with E-state index in [0.717, 1.165) is 0 Å². The molecule has 7 heteroatoms. The summed E-state index contributed by atoms with van der Waals surface area (Å²) in [6, 6.07) is 7.27. The topological polar surface area (TPSA) is 132 Å². The molecule has 1 aromatic carbocycles. The lowest BCUT2D eigenvalue weighted by molar-refractivity contribution is -0.118. The van der Waals surface area contributed by atoms with Crippen molar-refractivity contribution in [2.75, 3.05) is 11.9 Å². The van der Waals surface area contributed by atoms with Crippen LogP contribution in [0.15, 0.2) is 18.2 Å². The van der Waals surface area contributed by atoms with E-state index in [2.05, 4.69) is 5.32 Å². The number of nitrogens with zero attached hydrogens (tertiary/aromatic N) is 2. The number of hydrogen-bond acceptors (Lipinski definition) is 5. The van der Waals surface area contributed by atoms with Crippen molar-refractivity contribution >= 4 is 17.6 Å². The van der Waals surface area contributed by atoms with Gasteiger partial charge in [0.1, 0.15) is 12.1 Å². The Morgan fingerprint density at radius 2 is 1.89 bits per heavy atom. The molecule has 90 valence electrons. The monoisotopic (exact) mass is 243 g/mol. The first kappa shape index (κ1) is 13.0. The number of rotatable bonds is 3. The number of hydrogen-bond donors (Lipinski definition) is 3. The summed E-state index contributed by atoms with van der Waals surface area (Å²) in [4.78, 5) is 21.5. The number of primary amides is 1. The molecule has 0 aromatic heterocycles. The van der Waals surface area contributed by atoms with Crippen LogP contribution in [0.1, 0.15) is 11.1 Å². The highest BCUT2D eigenvalue weighted by atomic mass is 16.2. The summed E-state index contributed by atoms with van der Waals surface area (Å²) in [5.41, 5.74) is 5.72. The first-order valence-corrected chi connectivity index (χ1v) is 4.84. The van der Waals surface area contributed by atoms with Gasteiger partial charge in [-0.2, -0.15) is 10.5 Å². The van der Waals surface area contributed by atoms with E-state index in [1.54, 1.807) is 6.07 Å². The van der Waals surface area contributed by atoms with Gasteiger partial charge >= 0.3 is 6.03 Å². The molecule has 1 rings (SSSR count). The molecule has 7 nitrogen and oxygen atoms in total. The van der Waals surface area contributed by atoms with Crippen LogP contribution in [0.5, 0.6) is 0 Å². The zero-order chi connectivity index (χ0) is 13.5. The number of nitrogens with one attached hydrogen (secondary N) is 2. The maximum absolute atomic E-state index is 11.1. The van der Waals surface area contributed by atoms with Crippen LogP contribution >= 0.6 is 0 Å². The molecule has 0 spiro atoms. The Morgan fingerprint density at radius 1 is 1.22 bits per heavy atom. The van der Waals surface area contributed by atoms with E-state index < -0.39 is 11.9 Å². The molecule has 0 saturated heterocycles. The number of amides is 3. The Bertz CT molecular complexity index is 568. The summed E-state index contributed by atoms with van der Waals surface area (Å²) >= 11 is 0. The summed E-state index contributed by atoms with van der Waals surface area (Å²) in [5, 5.41) is 22.1. The maximum Gasteiger partial charge on any atom is 0.318 e. The predicted octanol–water partition coefficient (Wildman–Crippen LogP) is 0.0368. The zero-order valence-electron chi connectivity index (χ0n) is 9.23. The molecule has 0 radical (unpaired) electrons. The van der Waals surface area contributed by atoms with Gasteiger partial charge in [0.05, 0.1) is 17.7 Å². The lowest BCUT2D eigenvalue weighted by Gasteiger charge is -2.06. The van der Waals surface area contributed by atoms with Crippen LogP contribution in [-0.4, -0.2) is 18.5 Å². The number of carbonyl (C=O) groups is 2. The van der Waals surface area contributed by atoms with Crippen LogP contribution in [0, 0.1) is 22.7 Å². The minimum absolute atomic E-state index is 0.167. The summed E-state index contributed by atoms with van der Waals surface area (Å²) < 4.78 is 0. The SMILES string of the molecule is N#Cc1ccc(NCC(=O)NC(N)=O)cc1C#N. The van der Waals surface area contributed by atoms with Gasteiger partial charge in [0.25, 0.3) is 0 Å². The van der Waals surface area contributed by atoms with E-state index >= 15 is 0 Å². The van der Waals surface area contributed by atoms with Crippen LogP contribution in [0.2, 0.25) is 0 Å². The molecule has 0 bridgehead atoms. The highest BCUT2D eigenvalue weighted by Crippen LogP contribution is 2.14. The van der Waals surface area contributed by atoms with Crippen LogP contribution in [0.4, 0.5) is 10.5 Å². The molecule has 0 aliphatic heterocycles. The Labute approximate surface area is 103 Å². The fraction of sp³-hybridized carbons (Fsp3) is 0.0909. The molecule has 4 N–H and O–H groups in total. The van der Waals surface area contributed by atoms with Gasteiger partial charge in [-0.15, -0.1) is 0 Å². The first-order valence-electron chi connectivity index (χ1n) is 4.84. The molecule has 1 aromatic rings. The third kappa shape index (κ3) is 3.51. The molecule has 0 aliphatic carbocycles. The molecular weight excluding hydrogens is 234 g/mol. The van der Waals surface area contributed by atoms with Gasteiger partial charge < -0.3 is 11.1 Å². The van der Waals surface area contributed by atoms with Crippen molar-refractivity contribution < 1.29 is 9.59 Å². The standard InChI is InChI=1S/C11H9N5O2/c12-4-7-1-2-9(3-8(7)5-13)15-6-10(17)16-11(14)18/h1-3,15H,6H2,(H3,14,16,17,18). The second kappa shape index (κ2) is 5.87. The lowest BCUT2D eigenvalue weighted by Crippen LogP contribution is -2.38. The Hall–Kier alpha value is -3.06. The van der Waals surface area contributed by atoms with Crippen molar-refractivity contribution in [2.24, 2.45) is 5.73 Å². The first-order chi connectivity index (χ1) is 8.56. The predicted molar refractivity (Wildman–Crippen MR) is 62.1 cm³/mol. The number of urea groups is 1. The van der Waals surface area contributed by atoms with E-state index in [1.165, 1.54) is 12.1 Å². The number of carbonyl (C=O) groups excluding carboxylic acids is 2. The van der Waals surface area contributed by atoms with Crippen molar-refractivity contribution in [3.63, 3.8) is 0 Å². The Morgan fingerprint density at radius 3 is 2.44 bits per heavy atom. The van der Waals surface area contributed by atoms with Gasteiger partial charge in [0.2, 0.25) is 5.91 Å². The number of benzene rings is 1. The van der Waals surface area contributed by atoms with Gasteiger partial charge in [-0.25, -0.2) is 4.79 Å². The van der Waals surface area contributed by atoms with E-state index in [9.17, 15) is 9.59 Å². The van der Waals surface area contributed by atoms with Crippen molar-refractivity contribution in [3.05, 3.63) is 29.3 Å². The van der Waals surface area contributed by atoms with Gasteiger partial charge in [0, 0.05) is 5.69 Å². The maximum atomic E-state index is 11.1. The van der Waals surface area contributed by atoms with Crippen LogP contribution < -0.4 is 16.4 Å². The molecule has 0 saturated carbocycles. The largest absolute Gasteiger partial charge is 0.376 e. The molecular formula is C11H9N5O2. The van der Waals surface area contributed by atoms with Crippen LogP contribution in [0.25, 0.3) is 0 Å². The van der Waals surface area contributed by atoms with Crippen molar-refractivity contribution in [2.45, 2.75) is 0 Å². The third-order valence-corrected chi connectivity index (χ3v) is 1.98. The van der Waals surface area contributed by atoms with Gasteiger partial charge in [-0.05, 0) is 18.2 Å². The number of anilines is 1. The molecule has 0 aliphatic rings. The summed E-state index contributed by atoms with van der Waals surface area (Å²) in [6.45, 7) is -0.167. The smallest absolute Gasteiger partial charge is 0.318 e. The zero-order valence-corrected chi connectivity index (χ0v) is 9.23. The summed E-state index contributed by atoms with van der Waals surface area (Å²) in [6.07, 6.45) is 0. The molecule has 18 heavy (non-hydrogen) atoms. The number of nitriles is 2. The van der Waals surface area contributed by atoms with E-state index in [1.807, 2.05) is 17.5 Å². The second-order valence-electron chi connectivity index (χ2n) is 3.25. The average Bonchev–Trinajstić information content (AvgIpc) is 2.35. The number of imide groups is 1. The third-order valence-electron chi connectivity index (χ3n) is 1.98. The molecule has 0 fully saturated rings. The average molecular weight is 243 g/mol. The van der Waals surface area contributed by atoms with Crippen LogP contribution in [-0.2, 0) is 4.79 Å².